The fourth-order valence-electron chi connectivity index (χ4n) is 0.122. The lowest BCUT2D eigenvalue weighted by Crippen LogP contribution is -1.40. The Bertz CT molecular complexity index is 73.1. The van der Waals surface area contributed by atoms with Gasteiger partial charge in [-0.05, 0) is 12.8 Å². The van der Waals surface area contributed by atoms with Gasteiger partial charge in [0.15, 0.2) is 0 Å². The second kappa shape index (κ2) is 66.7. The van der Waals surface area contributed by atoms with Gasteiger partial charge in [-0.15, -0.1) is 0 Å². The molecule has 0 aliphatic carbocycles. The van der Waals surface area contributed by atoms with E-state index in [9.17, 15) is 0 Å². The third kappa shape index (κ3) is 202. The molecule has 0 aliphatic rings. The second-order valence-electron chi connectivity index (χ2n) is 1.47. The van der Waals surface area contributed by atoms with Crippen LogP contribution in [-0.2, 0) is 0 Å². The highest BCUT2D eigenvalue weighted by atomic mass is 14.6. The molecule has 0 aromatic carbocycles. The Hall–Kier alpha value is -0.850. The minimum atomic E-state index is 1.25. The van der Waals surface area contributed by atoms with Crippen molar-refractivity contribution in [3.63, 3.8) is 0 Å². The Kier molecular flexibility index (Phi) is 117. The highest BCUT2D eigenvalue weighted by molar-refractivity contribution is 5.25. The molecule has 0 aromatic heterocycles. The molecule has 0 saturated carbocycles. The van der Waals surface area contributed by atoms with Gasteiger partial charge in [0, 0.05) is 6.20 Å². The quantitative estimate of drug-likeness (QED) is 0.430. The van der Waals surface area contributed by atoms with Crippen molar-refractivity contribution in [2.75, 3.05) is 0 Å². The molecule has 0 rings (SSSR count). The summed E-state index contributed by atoms with van der Waals surface area (Å²) >= 11 is 0. The Balaban J connectivity index is -0.0000000493. The molecule has 0 aromatic rings. The molecule has 1 nitrogen and oxygen atoms in total. The summed E-state index contributed by atoms with van der Waals surface area (Å²) in [6.07, 6.45) is 6.19. The van der Waals surface area contributed by atoms with Crippen LogP contribution in [0.5, 0.6) is 0 Å². The van der Waals surface area contributed by atoms with Gasteiger partial charge in [-0.2, -0.15) is 0 Å². The minimum absolute atomic E-state index is 1.25. The molecule has 0 aliphatic heterocycles. The summed E-state index contributed by atoms with van der Waals surface area (Å²) in [6, 6.07) is 0. The first-order valence-corrected chi connectivity index (χ1v) is 5.06. The highest BCUT2D eigenvalue weighted by Gasteiger charge is 1.47. The van der Waals surface area contributed by atoms with E-state index >= 15 is 0 Å². The molecule has 0 saturated heterocycles. The van der Waals surface area contributed by atoms with Crippen LogP contribution in [-0.4, -0.2) is 6.72 Å². The Morgan fingerprint density at radius 2 is 1.38 bits per heavy atom. The summed E-state index contributed by atoms with van der Waals surface area (Å²) in [5.74, 6) is 0. The molecular weight excluding hydrogens is 158 g/mol. The van der Waals surface area contributed by atoms with Crippen molar-refractivity contribution in [3.05, 3.63) is 24.9 Å². The number of rotatable bonds is 2. The third-order valence-electron chi connectivity index (χ3n) is 0.328. The van der Waals surface area contributed by atoms with E-state index in [0.717, 1.165) is 0 Å². The number of hydrogen-bond acceptors (Lipinski definition) is 1. The lowest BCUT2D eigenvalue weighted by Gasteiger charge is -1.61. The molecular formula is C12H27N. The zero-order valence-corrected chi connectivity index (χ0v) is 10.3. The van der Waals surface area contributed by atoms with E-state index < -0.39 is 0 Å². The van der Waals surface area contributed by atoms with Gasteiger partial charge >= 0.3 is 0 Å². The minimum Gasteiger partial charge on any atom is -0.273 e. The monoisotopic (exact) mass is 185 g/mol. The second-order valence-corrected chi connectivity index (χ2v) is 1.47. The fourth-order valence-corrected chi connectivity index (χ4v) is 0.122. The van der Waals surface area contributed by atoms with Crippen molar-refractivity contribution in [1.82, 2.24) is 0 Å². The van der Waals surface area contributed by atoms with Gasteiger partial charge < -0.3 is 0 Å². The normalized spacial score (nSPS) is 6.31. The van der Waals surface area contributed by atoms with Crippen LogP contribution in [0.15, 0.2) is 29.9 Å². The smallest absolute Gasteiger partial charge is 0.0260 e. The average Bonchev–Trinajstić information content (AvgIpc) is 2.22. The first kappa shape index (κ1) is 22.7. The van der Waals surface area contributed by atoms with E-state index in [2.05, 4.69) is 32.1 Å². The summed E-state index contributed by atoms with van der Waals surface area (Å²) < 4.78 is 0. The van der Waals surface area contributed by atoms with Crippen LogP contribution in [0.1, 0.15) is 48.0 Å². The molecule has 0 atom stereocenters. The molecule has 0 radical (unpaired) electrons. The maximum atomic E-state index is 3.42. The summed E-state index contributed by atoms with van der Waals surface area (Å²) in [5.41, 5.74) is 0. The molecule has 0 fully saturated rings. The molecule has 0 heterocycles. The van der Waals surface area contributed by atoms with Gasteiger partial charge in [-0.25, -0.2) is 0 Å². The van der Waals surface area contributed by atoms with Crippen molar-refractivity contribution in [1.29, 1.82) is 0 Å². The van der Waals surface area contributed by atoms with Crippen molar-refractivity contribution in [2.45, 2.75) is 48.0 Å². The number of nitrogens with zero attached hydrogens (tertiary/aromatic N) is 1. The van der Waals surface area contributed by atoms with E-state index in [-0.39, 0.29) is 0 Å². The lowest BCUT2D eigenvalue weighted by atomic mass is 10.6. The van der Waals surface area contributed by atoms with Crippen LogP contribution in [0.3, 0.4) is 0 Å². The summed E-state index contributed by atoms with van der Waals surface area (Å²) in [4.78, 5) is 3.42. The Labute approximate surface area is 85.3 Å². The van der Waals surface area contributed by atoms with Gasteiger partial charge in [-0.1, -0.05) is 60.6 Å². The molecule has 13 heavy (non-hydrogen) atoms. The molecule has 1 heteroatoms. The Morgan fingerprint density at radius 1 is 1.08 bits per heavy atom. The summed E-state index contributed by atoms with van der Waals surface area (Å²) in [5, 5.41) is 0. The first-order chi connectivity index (χ1) is 6.33. The fraction of sp³-hybridized carbons (Fsp3) is 0.583. The van der Waals surface area contributed by atoms with Gasteiger partial charge in [0.1, 0.15) is 0 Å². The topological polar surface area (TPSA) is 12.4 Å². The van der Waals surface area contributed by atoms with Crippen LogP contribution < -0.4 is 0 Å². The predicted molar refractivity (Wildman–Crippen MR) is 67.5 cm³/mol. The van der Waals surface area contributed by atoms with Crippen molar-refractivity contribution in [3.8, 4) is 0 Å². The molecule has 80 valence electrons. The van der Waals surface area contributed by atoms with Crippen LogP contribution >= 0.6 is 0 Å². The molecule has 0 unspecified atom stereocenters. The zero-order chi connectivity index (χ0) is 11.5. The van der Waals surface area contributed by atoms with Gasteiger partial charge in [-0.3, -0.25) is 4.99 Å². The van der Waals surface area contributed by atoms with Crippen LogP contribution in [0.4, 0.5) is 0 Å². The van der Waals surface area contributed by atoms with Crippen molar-refractivity contribution >= 4 is 6.72 Å². The molecule has 0 spiro atoms. The Morgan fingerprint density at radius 3 is 1.46 bits per heavy atom. The van der Waals surface area contributed by atoms with Crippen molar-refractivity contribution < 1.29 is 0 Å². The predicted octanol–water partition coefficient (Wildman–Crippen LogP) is 4.86. The first-order valence-electron chi connectivity index (χ1n) is 5.06. The molecule has 0 N–H and O–H groups in total. The number of allylic oxidation sites excluding steroid dienone is 2. The maximum Gasteiger partial charge on any atom is 0.0260 e. The van der Waals surface area contributed by atoms with Crippen LogP contribution in [0.25, 0.3) is 0 Å². The van der Waals surface area contributed by atoms with Gasteiger partial charge in [0.25, 0.3) is 0 Å². The van der Waals surface area contributed by atoms with E-state index in [4.69, 9.17) is 0 Å². The number of hydrogen-bond donors (Lipinski definition) is 0. The van der Waals surface area contributed by atoms with Crippen molar-refractivity contribution in [2.24, 2.45) is 4.99 Å². The van der Waals surface area contributed by atoms with Crippen LogP contribution in [0, 0.1) is 0 Å². The summed E-state index contributed by atoms with van der Waals surface area (Å²) in [7, 11) is 0. The zero-order valence-electron chi connectivity index (χ0n) is 10.3. The highest BCUT2D eigenvalue weighted by Crippen LogP contribution is 1.68. The maximum absolute atomic E-state index is 3.42. The lowest BCUT2D eigenvalue weighted by molar-refractivity contribution is 1.09. The van der Waals surface area contributed by atoms with E-state index in [1.807, 2.05) is 27.7 Å². The van der Waals surface area contributed by atoms with Gasteiger partial charge in [0.05, 0.1) is 0 Å². The van der Waals surface area contributed by atoms with E-state index in [1.165, 1.54) is 6.42 Å². The SMILES string of the molecule is C=C/C=C\N=C.CC.CC.CCC. The largest absolute Gasteiger partial charge is 0.273 e. The van der Waals surface area contributed by atoms with Crippen LogP contribution in [0.2, 0.25) is 0 Å². The van der Waals surface area contributed by atoms with E-state index in [1.54, 1.807) is 18.4 Å². The van der Waals surface area contributed by atoms with E-state index in [0.29, 0.717) is 0 Å². The average molecular weight is 185 g/mol. The number of aliphatic imine (C=N–C) groups is 1. The standard InChI is InChI=1S/C5H7N.C3H8.2C2H6/c1-3-4-5-6-2;1-3-2;2*1-2/h3-5H,1-2H2;3H2,1-2H3;2*1-2H3/b5-4-;;;. The molecule has 0 bridgehead atoms. The summed E-state index contributed by atoms with van der Waals surface area (Å²) in [6.45, 7) is 18.9. The van der Waals surface area contributed by atoms with Gasteiger partial charge in [0.2, 0.25) is 0 Å². The molecule has 0 amide bonds. The third-order valence-corrected chi connectivity index (χ3v) is 0.328.